The number of nitrogens with zero attached hydrogens (tertiary/aromatic N) is 1. The summed E-state index contributed by atoms with van der Waals surface area (Å²) in [5.41, 5.74) is 6.07. The van der Waals surface area contributed by atoms with Crippen molar-refractivity contribution in [1.82, 2.24) is 4.68 Å². The fraction of sp³-hybridized carbons (Fsp3) is 0.231. The number of benzene rings is 1. The predicted octanol–water partition coefficient (Wildman–Crippen LogP) is 3.86. The lowest BCUT2D eigenvalue weighted by molar-refractivity contribution is 0.468. The van der Waals surface area contributed by atoms with Gasteiger partial charge in [-0.15, -0.1) is 0 Å². The van der Waals surface area contributed by atoms with Crippen molar-refractivity contribution in [1.29, 1.82) is 0 Å². The number of nitrogens with one attached hydrogen (secondary N) is 1. The molecule has 1 aromatic heterocycles. The Morgan fingerprint density at radius 1 is 1.17 bits per heavy atom. The van der Waals surface area contributed by atoms with Gasteiger partial charge < -0.3 is 10.5 Å². The highest BCUT2D eigenvalue weighted by Crippen LogP contribution is 2.31. The fourth-order valence-electron chi connectivity index (χ4n) is 1.84. The molecular weight excluding hydrogens is 271 g/mol. The summed E-state index contributed by atoms with van der Waals surface area (Å²) in [5, 5.41) is 10.6. The van der Waals surface area contributed by atoms with Crippen LogP contribution in [0.25, 0.3) is 0 Å². The van der Waals surface area contributed by atoms with E-state index in [1.807, 2.05) is 30.7 Å². The zero-order chi connectivity index (χ0) is 13.3. The van der Waals surface area contributed by atoms with E-state index in [4.69, 9.17) is 23.2 Å². The molecule has 5 heteroatoms. The van der Waals surface area contributed by atoms with Crippen LogP contribution in [-0.4, -0.2) is 9.78 Å². The van der Waals surface area contributed by atoms with E-state index in [1.165, 1.54) is 6.07 Å². The van der Waals surface area contributed by atoms with Crippen LogP contribution in [-0.2, 0) is 6.54 Å². The maximum absolute atomic E-state index is 9.85. The van der Waals surface area contributed by atoms with Gasteiger partial charge in [-0.3, -0.25) is 4.68 Å². The maximum atomic E-state index is 9.85. The largest absolute Gasteiger partial charge is 0.506 e. The molecule has 2 rings (SSSR count). The average molecular weight is 285 g/mol. The first-order valence-electron chi connectivity index (χ1n) is 5.54. The first-order valence-corrected chi connectivity index (χ1v) is 6.30. The molecule has 0 fully saturated rings. The highest BCUT2D eigenvalue weighted by Gasteiger charge is 2.08. The molecule has 18 heavy (non-hydrogen) atoms. The van der Waals surface area contributed by atoms with Crippen LogP contribution in [0.1, 0.15) is 17.0 Å². The number of rotatable bonds is 3. The maximum Gasteiger partial charge on any atom is 0.139 e. The Morgan fingerprint density at radius 3 is 2.39 bits per heavy atom. The first kappa shape index (κ1) is 13.1. The molecule has 0 aliphatic carbocycles. The van der Waals surface area contributed by atoms with Gasteiger partial charge in [0.25, 0.3) is 0 Å². The van der Waals surface area contributed by atoms with E-state index < -0.39 is 0 Å². The Bertz CT molecular complexity index is 559. The Labute approximate surface area is 116 Å². The van der Waals surface area contributed by atoms with Crippen LogP contribution in [0.4, 0.5) is 0 Å². The summed E-state index contributed by atoms with van der Waals surface area (Å²) in [6.45, 7) is 4.46. The lowest BCUT2D eigenvalue weighted by Gasteiger charge is -2.14. The summed E-state index contributed by atoms with van der Waals surface area (Å²) in [6.07, 6.45) is 0. The molecule has 0 amide bonds. The molecule has 0 aliphatic heterocycles. The zero-order valence-electron chi connectivity index (χ0n) is 10.2. The van der Waals surface area contributed by atoms with Crippen molar-refractivity contribution in [3.8, 4) is 5.75 Å². The van der Waals surface area contributed by atoms with Crippen LogP contribution < -0.4 is 5.43 Å². The second-order valence-electron chi connectivity index (χ2n) is 4.18. The van der Waals surface area contributed by atoms with Gasteiger partial charge in [-0.2, -0.15) is 0 Å². The Kier molecular flexibility index (Phi) is 3.73. The predicted molar refractivity (Wildman–Crippen MR) is 75.1 cm³/mol. The van der Waals surface area contributed by atoms with Gasteiger partial charge in [0.1, 0.15) is 5.75 Å². The molecule has 2 N–H and O–H groups in total. The minimum atomic E-state index is 0.0658. The Morgan fingerprint density at radius 2 is 1.78 bits per heavy atom. The number of hydrogen-bond donors (Lipinski definition) is 2. The van der Waals surface area contributed by atoms with Crippen LogP contribution in [0.15, 0.2) is 24.3 Å². The quantitative estimate of drug-likeness (QED) is 0.898. The van der Waals surface area contributed by atoms with Crippen molar-refractivity contribution in [3.63, 3.8) is 0 Å². The van der Waals surface area contributed by atoms with Gasteiger partial charge in [-0.25, -0.2) is 0 Å². The third kappa shape index (κ3) is 2.57. The Balaban J connectivity index is 2.21. The van der Waals surface area contributed by atoms with E-state index in [9.17, 15) is 5.11 Å². The molecule has 0 saturated carbocycles. The van der Waals surface area contributed by atoms with Gasteiger partial charge >= 0.3 is 0 Å². The molecule has 0 atom stereocenters. The van der Waals surface area contributed by atoms with Crippen molar-refractivity contribution in [3.05, 3.63) is 51.3 Å². The van der Waals surface area contributed by atoms with Gasteiger partial charge in [-0.1, -0.05) is 23.2 Å². The summed E-state index contributed by atoms with van der Waals surface area (Å²) in [6, 6.07) is 7.26. The normalized spacial score (nSPS) is 10.7. The molecule has 0 radical (unpaired) electrons. The molecule has 1 heterocycles. The summed E-state index contributed by atoms with van der Waals surface area (Å²) < 4.78 is 1.95. The van der Waals surface area contributed by atoms with Crippen molar-refractivity contribution < 1.29 is 5.11 Å². The van der Waals surface area contributed by atoms with Gasteiger partial charge in [0.15, 0.2) is 0 Å². The number of phenolic OH excluding ortho intramolecular Hbond substituents is 1. The van der Waals surface area contributed by atoms with Crippen LogP contribution in [0, 0.1) is 13.8 Å². The average Bonchev–Trinajstić information content (AvgIpc) is 2.62. The fourth-order valence-corrected chi connectivity index (χ4v) is 2.37. The third-order valence-electron chi connectivity index (χ3n) is 2.81. The van der Waals surface area contributed by atoms with Crippen molar-refractivity contribution >= 4 is 23.2 Å². The summed E-state index contributed by atoms with van der Waals surface area (Å²) in [5.74, 6) is 0.0658. The number of aromatic nitrogens is 1. The summed E-state index contributed by atoms with van der Waals surface area (Å²) >= 11 is 11.8. The second-order valence-corrected chi connectivity index (χ2v) is 5.03. The molecule has 1 aromatic carbocycles. The second kappa shape index (κ2) is 5.12. The van der Waals surface area contributed by atoms with Gasteiger partial charge in [0.05, 0.1) is 11.6 Å². The van der Waals surface area contributed by atoms with Gasteiger partial charge in [-0.05, 0) is 38.1 Å². The lowest BCUT2D eigenvalue weighted by Crippen LogP contribution is -2.17. The van der Waals surface area contributed by atoms with Crippen molar-refractivity contribution in [2.24, 2.45) is 0 Å². The molecule has 0 bridgehead atoms. The molecule has 3 nitrogen and oxygen atoms in total. The molecule has 2 aromatic rings. The molecular formula is C13H14Cl2N2O. The number of hydrogen-bond acceptors (Lipinski definition) is 2. The molecule has 0 unspecified atom stereocenters. The van der Waals surface area contributed by atoms with Gasteiger partial charge in [0.2, 0.25) is 0 Å². The minimum absolute atomic E-state index is 0.0658. The standard InChI is InChI=1S/C13H14Cl2N2O/c1-8-3-4-9(2)17(8)16-7-10-5-11(14)6-12(15)13(10)18/h3-6,16,18H,7H2,1-2H3. The van der Waals surface area contributed by atoms with E-state index in [-0.39, 0.29) is 10.8 Å². The first-order chi connectivity index (χ1) is 8.49. The van der Waals surface area contributed by atoms with Crippen molar-refractivity contribution in [2.75, 3.05) is 5.43 Å². The number of halogens is 2. The van der Waals surface area contributed by atoms with Crippen LogP contribution in [0.3, 0.4) is 0 Å². The third-order valence-corrected chi connectivity index (χ3v) is 3.31. The van der Waals surface area contributed by atoms with Crippen LogP contribution in [0.2, 0.25) is 10.0 Å². The Hall–Kier alpha value is -1.32. The smallest absolute Gasteiger partial charge is 0.139 e. The monoisotopic (exact) mass is 284 g/mol. The van der Waals surface area contributed by atoms with Crippen molar-refractivity contribution in [2.45, 2.75) is 20.4 Å². The highest BCUT2D eigenvalue weighted by molar-refractivity contribution is 6.35. The highest BCUT2D eigenvalue weighted by atomic mass is 35.5. The molecule has 96 valence electrons. The summed E-state index contributed by atoms with van der Waals surface area (Å²) in [7, 11) is 0. The van der Waals surface area contributed by atoms with E-state index >= 15 is 0 Å². The lowest BCUT2D eigenvalue weighted by atomic mass is 10.2. The zero-order valence-corrected chi connectivity index (χ0v) is 11.7. The topological polar surface area (TPSA) is 37.2 Å². The number of aryl methyl sites for hydroxylation is 2. The SMILES string of the molecule is Cc1ccc(C)n1NCc1cc(Cl)cc(Cl)c1O. The van der Waals surface area contributed by atoms with E-state index in [0.717, 1.165) is 11.4 Å². The van der Waals surface area contributed by atoms with Crippen LogP contribution in [0.5, 0.6) is 5.75 Å². The van der Waals surface area contributed by atoms with E-state index in [1.54, 1.807) is 6.07 Å². The number of aromatic hydroxyl groups is 1. The van der Waals surface area contributed by atoms with Gasteiger partial charge in [0, 0.05) is 22.0 Å². The molecule has 0 spiro atoms. The van der Waals surface area contributed by atoms with Crippen LogP contribution >= 0.6 is 23.2 Å². The van der Waals surface area contributed by atoms with E-state index in [0.29, 0.717) is 17.1 Å². The molecule has 0 aliphatic rings. The number of phenols is 1. The minimum Gasteiger partial charge on any atom is -0.506 e. The molecule has 0 saturated heterocycles. The summed E-state index contributed by atoms with van der Waals surface area (Å²) in [4.78, 5) is 0. The van der Waals surface area contributed by atoms with E-state index in [2.05, 4.69) is 5.43 Å².